The molecule has 124 valence electrons. The number of anilines is 1. The normalized spacial score (nSPS) is 16.8. The smallest absolute Gasteiger partial charge is 0.257 e. The average molecular weight is 330 g/mol. The minimum absolute atomic E-state index is 0.120. The zero-order valence-corrected chi connectivity index (χ0v) is 13.0. The van der Waals surface area contributed by atoms with Gasteiger partial charge in [-0.05, 0) is 49.1 Å². The van der Waals surface area contributed by atoms with Crippen molar-refractivity contribution >= 4 is 17.2 Å². The zero-order valence-electron chi connectivity index (χ0n) is 13.0. The number of halogens is 2. The number of allylic oxidation sites excluding steroid dienone is 1. The molecule has 2 aromatic rings. The zero-order chi connectivity index (χ0) is 17.3. The molecule has 1 aliphatic rings. The number of rotatable bonds is 3. The Balaban J connectivity index is 1.82. The Kier molecular flexibility index (Phi) is 4.40. The van der Waals surface area contributed by atoms with Crippen LogP contribution in [0.2, 0.25) is 0 Å². The van der Waals surface area contributed by atoms with E-state index in [2.05, 4.69) is 4.98 Å². The summed E-state index contributed by atoms with van der Waals surface area (Å²) >= 11 is 0. The van der Waals surface area contributed by atoms with E-state index in [1.165, 1.54) is 37.4 Å². The number of carbonyl (C=O) groups is 1. The molecular weight excluding hydrogens is 314 g/mol. The van der Waals surface area contributed by atoms with Crippen LogP contribution in [0.5, 0.6) is 0 Å². The molecule has 6 heteroatoms. The summed E-state index contributed by atoms with van der Waals surface area (Å²) < 4.78 is 26.9. The van der Waals surface area contributed by atoms with Crippen LogP contribution < -0.4 is 5.06 Å². The minimum atomic E-state index is -0.545. The number of hydroxylamine groups is 1. The van der Waals surface area contributed by atoms with Gasteiger partial charge in [-0.15, -0.1) is 0 Å². The Morgan fingerprint density at radius 2 is 2.12 bits per heavy atom. The molecule has 0 bridgehead atoms. The highest BCUT2D eigenvalue weighted by atomic mass is 19.1. The number of pyridine rings is 1. The average Bonchev–Trinajstić information content (AvgIpc) is 3.06. The number of amides is 1. The maximum Gasteiger partial charge on any atom is 0.257 e. The first-order valence-electron chi connectivity index (χ1n) is 7.57. The van der Waals surface area contributed by atoms with Crippen LogP contribution in [0.15, 0.2) is 42.7 Å². The minimum Gasteiger partial charge on any atom is -0.281 e. The first-order valence-corrected chi connectivity index (χ1v) is 7.57. The molecule has 4 nitrogen and oxygen atoms in total. The summed E-state index contributed by atoms with van der Waals surface area (Å²) in [6.07, 6.45) is 5.43. The molecule has 1 aromatic heterocycles. The number of nitrogens with zero attached hydrogens (tertiary/aromatic N) is 2. The van der Waals surface area contributed by atoms with Crippen LogP contribution in [-0.4, -0.2) is 16.1 Å². The second-order valence-corrected chi connectivity index (χ2v) is 5.76. The summed E-state index contributed by atoms with van der Waals surface area (Å²) in [5, 5.41) is 10.7. The maximum atomic E-state index is 13.6. The Morgan fingerprint density at radius 1 is 1.33 bits per heavy atom. The van der Waals surface area contributed by atoms with E-state index < -0.39 is 23.5 Å². The Labute approximate surface area is 138 Å². The molecule has 1 heterocycles. The molecule has 3 rings (SSSR count). The molecule has 0 fully saturated rings. The van der Waals surface area contributed by atoms with Crippen LogP contribution >= 0.6 is 0 Å². The predicted molar refractivity (Wildman–Crippen MR) is 85.3 cm³/mol. The molecule has 0 spiro atoms. The van der Waals surface area contributed by atoms with Gasteiger partial charge in [0.05, 0.1) is 17.8 Å². The Morgan fingerprint density at radius 3 is 2.88 bits per heavy atom. The van der Waals surface area contributed by atoms with Crippen molar-refractivity contribution < 1.29 is 18.8 Å². The number of carbonyl (C=O) groups excluding carboxylic acids is 1. The molecule has 0 saturated heterocycles. The molecule has 1 aliphatic carbocycles. The Bertz CT molecular complexity index is 820. The second kappa shape index (κ2) is 6.49. The molecule has 1 amide bonds. The number of benzene rings is 1. The predicted octanol–water partition coefficient (Wildman–Crippen LogP) is 3.88. The van der Waals surface area contributed by atoms with E-state index in [-0.39, 0.29) is 11.3 Å². The molecular formula is C18H16F2N2O2. The first-order chi connectivity index (χ1) is 11.5. The highest BCUT2D eigenvalue weighted by Crippen LogP contribution is 2.33. The van der Waals surface area contributed by atoms with Crippen molar-refractivity contribution in [1.82, 2.24) is 4.98 Å². The summed E-state index contributed by atoms with van der Waals surface area (Å²) in [5.41, 5.74) is 1.75. The van der Waals surface area contributed by atoms with Crippen molar-refractivity contribution in [3.8, 4) is 0 Å². The molecule has 24 heavy (non-hydrogen) atoms. The third kappa shape index (κ3) is 3.05. The largest absolute Gasteiger partial charge is 0.281 e. The van der Waals surface area contributed by atoms with Crippen LogP contribution in [0.3, 0.4) is 0 Å². The van der Waals surface area contributed by atoms with E-state index in [4.69, 9.17) is 0 Å². The SMILES string of the molecule is Cc1c(F)cccc1N(O)C(=O)C1C=C(c2cncc(F)c2)CC1. The molecule has 1 unspecified atom stereocenters. The molecule has 1 N–H and O–H groups in total. The van der Waals surface area contributed by atoms with Crippen molar-refractivity contribution in [2.45, 2.75) is 19.8 Å². The lowest BCUT2D eigenvalue weighted by Crippen LogP contribution is -2.32. The quantitative estimate of drug-likeness (QED) is 0.686. The van der Waals surface area contributed by atoms with Crippen molar-refractivity contribution in [2.75, 3.05) is 5.06 Å². The first kappa shape index (κ1) is 16.3. The van der Waals surface area contributed by atoms with Crippen LogP contribution in [0, 0.1) is 24.5 Å². The molecule has 0 saturated carbocycles. The molecule has 1 atom stereocenters. The van der Waals surface area contributed by atoms with Gasteiger partial charge in [-0.3, -0.25) is 15.0 Å². The van der Waals surface area contributed by atoms with Crippen LogP contribution in [0.1, 0.15) is 24.0 Å². The standard InChI is InChI=1S/C18H16F2N2O2/c1-11-16(20)3-2-4-17(11)22(24)18(23)13-6-5-12(7-13)14-8-15(19)10-21-9-14/h2-4,7-10,13,24H,5-6H2,1H3. The van der Waals surface area contributed by atoms with E-state index in [0.717, 1.165) is 11.8 Å². The summed E-state index contributed by atoms with van der Waals surface area (Å²) in [5.74, 6) is -2.02. The monoisotopic (exact) mass is 330 g/mol. The number of aromatic nitrogens is 1. The lowest BCUT2D eigenvalue weighted by atomic mass is 10.1. The number of hydrogen-bond acceptors (Lipinski definition) is 3. The highest BCUT2D eigenvalue weighted by Gasteiger charge is 2.29. The van der Waals surface area contributed by atoms with Gasteiger partial charge >= 0.3 is 0 Å². The van der Waals surface area contributed by atoms with Gasteiger partial charge in [0.2, 0.25) is 0 Å². The number of hydrogen-bond donors (Lipinski definition) is 1. The lowest BCUT2D eigenvalue weighted by Gasteiger charge is -2.20. The fourth-order valence-electron chi connectivity index (χ4n) is 2.84. The van der Waals surface area contributed by atoms with E-state index in [9.17, 15) is 18.8 Å². The van der Waals surface area contributed by atoms with E-state index in [0.29, 0.717) is 23.5 Å². The summed E-state index contributed by atoms with van der Waals surface area (Å²) in [6.45, 7) is 1.50. The van der Waals surface area contributed by atoms with Gasteiger partial charge in [0.25, 0.3) is 5.91 Å². The third-order valence-corrected chi connectivity index (χ3v) is 4.20. The third-order valence-electron chi connectivity index (χ3n) is 4.20. The topological polar surface area (TPSA) is 53.4 Å². The van der Waals surface area contributed by atoms with Gasteiger partial charge < -0.3 is 0 Å². The molecule has 0 aliphatic heterocycles. The van der Waals surface area contributed by atoms with Crippen molar-refractivity contribution in [1.29, 1.82) is 0 Å². The van der Waals surface area contributed by atoms with Crippen molar-refractivity contribution in [3.05, 3.63) is 65.5 Å². The summed E-state index contributed by atoms with van der Waals surface area (Å²) in [4.78, 5) is 16.3. The second-order valence-electron chi connectivity index (χ2n) is 5.76. The van der Waals surface area contributed by atoms with Crippen LogP contribution in [0.4, 0.5) is 14.5 Å². The summed E-state index contributed by atoms with van der Waals surface area (Å²) in [6, 6.07) is 5.54. The summed E-state index contributed by atoms with van der Waals surface area (Å²) in [7, 11) is 0. The maximum absolute atomic E-state index is 13.6. The van der Waals surface area contributed by atoms with Gasteiger partial charge in [0.1, 0.15) is 11.6 Å². The fourth-order valence-corrected chi connectivity index (χ4v) is 2.84. The van der Waals surface area contributed by atoms with Crippen LogP contribution in [0.25, 0.3) is 5.57 Å². The van der Waals surface area contributed by atoms with Crippen molar-refractivity contribution in [2.24, 2.45) is 5.92 Å². The van der Waals surface area contributed by atoms with Gasteiger partial charge in [0.15, 0.2) is 0 Å². The van der Waals surface area contributed by atoms with Crippen molar-refractivity contribution in [3.63, 3.8) is 0 Å². The van der Waals surface area contributed by atoms with Gasteiger partial charge in [0, 0.05) is 11.8 Å². The van der Waals surface area contributed by atoms with Crippen LogP contribution in [-0.2, 0) is 4.79 Å². The molecule has 1 aromatic carbocycles. The highest BCUT2D eigenvalue weighted by molar-refractivity contribution is 5.96. The van der Waals surface area contributed by atoms with E-state index in [1.807, 2.05) is 0 Å². The lowest BCUT2D eigenvalue weighted by molar-refractivity contribution is -0.126. The molecule has 0 radical (unpaired) electrons. The van der Waals surface area contributed by atoms with E-state index in [1.54, 1.807) is 6.08 Å². The van der Waals surface area contributed by atoms with Gasteiger partial charge in [-0.2, -0.15) is 5.06 Å². The van der Waals surface area contributed by atoms with E-state index >= 15 is 0 Å². The van der Waals surface area contributed by atoms with Gasteiger partial charge in [-0.1, -0.05) is 12.1 Å². The fraction of sp³-hybridized carbons (Fsp3) is 0.222. The van der Waals surface area contributed by atoms with Gasteiger partial charge in [-0.25, -0.2) is 8.78 Å². The Hall–Kier alpha value is -2.60.